The Bertz CT molecular complexity index is 351. The van der Waals surface area contributed by atoms with Gasteiger partial charge in [-0.15, -0.1) is 0 Å². The van der Waals surface area contributed by atoms with Crippen molar-refractivity contribution in [3.63, 3.8) is 0 Å². The van der Waals surface area contributed by atoms with Crippen molar-refractivity contribution in [2.24, 2.45) is 5.92 Å². The van der Waals surface area contributed by atoms with Crippen LogP contribution in [-0.4, -0.2) is 47.3 Å². The highest BCUT2D eigenvalue weighted by Crippen LogP contribution is 2.14. The van der Waals surface area contributed by atoms with Gasteiger partial charge >= 0.3 is 6.03 Å². The Balaban J connectivity index is 1.67. The smallest absolute Gasteiger partial charge is 0.319 e. The number of aromatic nitrogens is 2. The molecule has 1 aliphatic heterocycles. The molecule has 6 heteroatoms. The molecule has 0 unspecified atom stereocenters. The molecule has 6 nitrogen and oxygen atoms in total. The van der Waals surface area contributed by atoms with Gasteiger partial charge in [0.1, 0.15) is 0 Å². The molecule has 94 valence electrons. The van der Waals surface area contributed by atoms with Crippen LogP contribution < -0.4 is 10.6 Å². The molecule has 0 saturated carbocycles. The highest BCUT2D eigenvalue weighted by atomic mass is 16.2. The first-order valence-electron chi connectivity index (χ1n) is 6.04. The lowest BCUT2D eigenvalue weighted by Crippen LogP contribution is -2.34. The van der Waals surface area contributed by atoms with E-state index < -0.39 is 0 Å². The first-order chi connectivity index (χ1) is 8.28. The van der Waals surface area contributed by atoms with Gasteiger partial charge in [0, 0.05) is 19.3 Å². The number of likely N-dealkylation sites (tertiary alicyclic amines) is 1. The quantitative estimate of drug-likeness (QED) is 0.727. The van der Waals surface area contributed by atoms with Crippen molar-refractivity contribution in [1.29, 1.82) is 0 Å². The van der Waals surface area contributed by atoms with E-state index in [1.807, 2.05) is 0 Å². The minimum absolute atomic E-state index is 0.165. The maximum absolute atomic E-state index is 11.5. The maximum Gasteiger partial charge on any atom is 0.319 e. The van der Waals surface area contributed by atoms with E-state index in [2.05, 4.69) is 32.7 Å². The fourth-order valence-electron chi connectivity index (χ4n) is 2.10. The third-order valence-electron chi connectivity index (χ3n) is 3.12. The second-order valence-corrected chi connectivity index (χ2v) is 4.37. The van der Waals surface area contributed by atoms with Crippen molar-refractivity contribution in [2.45, 2.75) is 13.3 Å². The molecule has 1 aromatic heterocycles. The highest BCUT2D eigenvalue weighted by Gasteiger charge is 2.21. The molecule has 0 spiro atoms. The number of hydrogen-bond donors (Lipinski definition) is 3. The molecule has 17 heavy (non-hydrogen) atoms. The molecule has 1 fully saturated rings. The Morgan fingerprint density at radius 2 is 2.59 bits per heavy atom. The lowest BCUT2D eigenvalue weighted by atomic mass is 10.1. The fraction of sp³-hybridized carbons (Fsp3) is 0.636. The van der Waals surface area contributed by atoms with Crippen LogP contribution in [0.4, 0.5) is 10.5 Å². The van der Waals surface area contributed by atoms with Gasteiger partial charge < -0.3 is 15.5 Å². The Morgan fingerprint density at radius 3 is 3.24 bits per heavy atom. The number of H-pyrrole nitrogens is 1. The number of rotatable bonds is 4. The number of anilines is 1. The van der Waals surface area contributed by atoms with Crippen LogP contribution in [0.25, 0.3) is 0 Å². The molecule has 1 atom stereocenters. The van der Waals surface area contributed by atoms with Crippen LogP contribution in [-0.2, 0) is 0 Å². The Labute approximate surface area is 101 Å². The van der Waals surface area contributed by atoms with Gasteiger partial charge in [-0.3, -0.25) is 5.10 Å². The zero-order valence-electron chi connectivity index (χ0n) is 10.1. The first kappa shape index (κ1) is 11.9. The van der Waals surface area contributed by atoms with Crippen LogP contribution in [0.5, 0.6) is 0 Å². The highest BCUT2D eigenvalue weighted by molar-refractivity contribution is 5.88. The van der Waals surface area contributed by atoms with Crippen molar-refractivity contribution in [2.75, 3.05) is 31.5 Å². The molecular formula is C11H19N5O. The summed E-state index contributed by atoms with van der Waals surface area (Å²) in [6.45, 7) is 6.23. The number of urea groups is 1. The zero-order valence-corrected chi connectivity index (χ0v) is 10.1. The van der Waals surface area contributed by atoms with Gasteiger partial charge in [-0.1, -0.05) is 6.92 Å². The van der Waals surface area contributed by atoms with E-state index in [9.17, 15) is 4.79 Å². The van der Waals surface area contributed by atoms with Crippen molar-refractivity contribution in [1.82, 2.24) is 20.4 Å². The summed E-state index contributed by atoms with van der Waals surface area (Å²) in [6.07, 6.45) is 4.39. The van der Waals surface area contributed by atoms with Gasteiger partial charge in [-0.2, -0.15) is 5.10 Å². The normalized spacial score (nSPS) is 20.4. The third-order valence-corrected chi connectivity index (χ3v) is 3.12. The van der Waals surface area contributed by atoms with Crippen LogP contribution in [0.15, 0.2) is 12.4 Å². The number of amides is 2. The first-order valence-corrected chi connectivity index (χ1v) is 6.04. The van der Waals surface area contributed by atoms with Crippen LogP contribution in [0.2, 0.25) is 0 Å². The van der Waals surface area contributed by atoms with Crippen molar-refractivity contribution >= 4 is 11.7 Å². The Kier molecular flexibility index (Phi) is 3.98. The summed E-state index contributed by atoms with van der Waals surface area (Å²) < 4.78 is 0. The standard InChI is InChI=1S/C11H19N5O/c1-2-16-4-3-9(8-16)5-12-11(17)15-10-6-13-14-7-10/h6-7,9H,2-5,8H2,1H3,(H,13,14)(H2,12,15,17)/t9-/m0/s1. The fourth-order valence-corrected chi connectivity index (χ4v) is 2.10. The zero-order chi connectivity index (χ0) is 12.1. The minimum Gasteiger partial charge on any atom is -0.338 e. The van der Waals surface area contributed by atoms with E-state index in [1.54, 1.807) is 12.4 Å². The molecule has 1 saturated heterocycles. The molecule has 2 amide bonds. The van der Waals surface area contributed by atoms with E-state index in [0.29, 0.717) is 11.6 Å². The summed E-state index contributed by atoms with van der Waals surface area (Å²) in [5, 5.41) is 12.0. The van der Waals surface area contributed by atoms with E-state index in [-0.39, 0.29) is 6.03 Å². The summed E-state index contributed by atoms with van der Waals surface area (Å²) in [5.41, 5.74) is 0.684. The molecule has 0 aliphatic carbocycles. The molecule has 3 N–H and O–H groups in total. The predicted molar refractivity (Wildman–Crippen MR) is 65.8 cm³/mol. The van der Waals surface area contributed by atoms with Gasteiger partial charge in [-0.25, -0.2) is 4.79 Å². The molecule has 1 aliphatic rings. The number of carbonyl (C=O) groups is 1. The molecule has 2 rings (SSSR count). The van der Waals surface area contributed by atoms with E-state index >= 15 is 0 Å². The van der Waals surface area contributed by atoms with Gasteiger partial charge in [0.15, 0.2) is 0 Å². The van der Waals surface area contributed by atoms with E-state index in [0.717, 1.165) is 26.2 Å². The number of aromatic amines is 1. The second-order valence-electron chi connectivity index (χ2n) is 4.37. The minimum atomic E-state index is -0.165. The summed E-state index contributed by atoms with van der Waals surface area (Å²) in [7, 11) is 0. The SMILES string of the molecule is CCN1CC[C@@H](CNC(=O)Nc2cn[nH]c2)C1. The number of carbonyl (C=O) groups excluding carboxylic acids is 1. The van der Waals surface area contributed by atoms with Crippen LogP contribution >= 0.6 is 0 Å². The van der Waals surface area contributed by atoms with Crippen molar-refractivity contribution < 1.29 is 4.79 Å². The summed E-state index contributed by atoms with van der Waals surface area (Å²) >= 11 is 0. The summed E-state index contributed by atoms with van der Waals surface area (Å²) in [4.78, 5) is 13.9. The Hall–Kier alpha value is -1.56. The van der Waals surface area contributed by atoms with Crippen LogP contribution in [0.3, 0.4) is 0 Å². The second kappa shape index (κ2) is 5.67. The largest absolute Gasteiger partial charge is 0.338 e. The molecule has 2 heterocycles. The molecule has 0 aromatic carbocycles. The average molecular weight is 237 g/mol. The van der Waals surface area contributed by atoms with Gasteiger partial charge in [0.2, 0.25) is 0 Å². The van der Waals surface area contributed by atoms with E-state index in [4.69, 9.17) is 0 Å². The summed E-state index contributed by atoms with van der Waals surface area (Å²) in [6, 6.07) is -0.165. The number of nitrogens with one attached hydrogen (secondary N) is 3. The van der Waals surface area contributed by atoms with Gasteiger partial charge in [0.25, 0.3) is 0 Å². The maximum atomic E-state index is 11.5. The monoisotopic (exact) mass is 237 g/mol. The molecule has 0 radical (unpaired) electrons. The van der Waals surface area contributed by atoms with E-state index in [1.165, 1.54) is 6.42 Å². The van der Waals surface area contributed by atoms with Crippen molar-refractivity contribution in [3.8, 4) is 0 Å². The Morgan fingerprint density at radius 1 is 1.71 bits per heavy atom. The lowest BCUT2D eigenvalue weighted by Gasteiger charge is -2.13. The van der Waals surface area contributed by atoms with Crippen molar-refractivity contribution in [3.05, 3.63) is 12.4 Å². The number of hydrogen-bond acceptors (Lipinski definition) is 3. The molecular weight excluding hydrogens is 218 g/mol. The van der Waals surface area contributed by atoms with Crippen LogP contribution in [0, 0.1) is 5.92 Å². The summed E-state index contributed by atoms with van der Waals surface area (Å²) in [5.74, 6) is 0.574. The molecule has 0 bridgehead atoms. The average Bonchev–Trinajstić information content (AvgIpc) is 2.96. The van der Waals surface area contributed by atoms with Crippen LogP contribution in [0.1, 0.15) is 13.3 Å². The van der Waals surface area contributed by atoms with Gasteiger partial charge in [-0.05, 0) is 25.4 Å². The predicted octanol–water partition coefficient (Wildman–Crippen LogP) is 0.873. The topological polar surface area (TPSA) is 73.1 Å². The number of nitrogens with zero attached hydrogens (tertiary/aromatic N) is 2. The lowest BCUT2D eigenvalue weighted by molar-refractivity contribution is 0.250. The van der Waals surface area contributed by atoms with Gasteiger partial charge in [0.05, 0.1) is 11.9 Å². The third kappa shape index (κ3) is 3.45. The molecule has 1 aromatic rings.